The Morgan fingerprint density at radius 1 is 1.36 bits per heavy atom. The fourth-order valence-electron chi connectivity index (χ4n) is 2.65. The molecule has 0 aliphatic carbocycles. The number of anilines is 1. The normalized spacial score (nSPS) is 14.9. The molecule has 2 aromatic heterocycles. The van der Waals surface area contributed by atoms with Gasteiger partial charge < -0.3 is 10.2 Å². The summed E-state index contributed by atoms with van der Waals surface area (Å²) in [7, 11) is 0. The Morgan fingerprint density at radius 3 is 2.91 bits per heavy atom. The third-order valence-corrected chi connectivity index (χ3v) is 4.07. The summed E-state index contributed by atoms with van der Waals surface area (Å²) in [6.45, 7) is 2.45. The summed E-state index contributed by atoms with van der Waals surface area (Å²) in [6.07, 6.45) is 6.85. The number of carbonyl (C=O) groups excluding carboxylic acids is 1. The number of rotatable bonds is 4. The predicted octanol–water partition coefficient (Wildman–Crippen LogP) is 2.38. The number of halogens is 1. The van der Waals surface area contributed by atoms with Gasteiger partial charge in [0.15, 0.2) is 0 Å². The van der Waals surface area contributed by atoms with Crippen molar-refractivity contribution in [3.63, 3.8) is 0 Å². The molecule has 0 radical (unpaired) electrons. The molecule has 0 spiro atoms. The summed E-state index contributed by atoms with van der Waals surface area (Å²) in [4.78, 5) is 18.9. The zero-order valence-corrected chi connectivity index (χ0v) is 12.9. The lowest BCUT2D eigenvalue weighted by atomic mass is 10.1. The molecule has 3 heterocycles. The van der Waals surface area contributed by atoms with Crippen molar-refractivity contribution in [2.75, 3.05) is 18.0 Å². The number of nitrogens with one attached hydrogen (secondary N) is 2. The molecule has 2 N–H and O–H groups in total. The maximum Gasteiger partial charge on any atom is 0.271 e. The van der Waals surface area contributed by atoms with Crippen LogP contribution in [0, 0.1) is 0 Å². The first-order valence-corrected chi connectivity index (χ1v) is 7.79. The first-order chi connectivity index (χ1) is 10.8. The first-order valence-electron chi connectivity index (χ1n) is 7.41. The van der Waals surface area contributed by atoms with Gasteiger partial charge in [-0.15, -0.1) is 0 Å². The van der Waals surface area contributed by atoms with Crippen LogP contribution >= 0.6 is 11.6 Å². The largest absolute Gasteiger partial charge is 0.356 e. The number of piperidine rings is 1. The quantitative estimate of drug-likeness (QED) is 0.907. The van der Waals surface area contributed by atoms with E-state index < -0.39 is 0 Å². The van der Waals surface area contributed by atoms with Gasteiger partial charge in [-0.2, -0.15) is 5.10 Å². The molecule has 7 heteroatoms. The lowest BCUT2D eigenvalue weighted by Crippen LogP contribution is -2.32. The summed E-state index contributed by atoms with van der Waals surface area (Å²) >= 11 is 5.89. The molecule has 116 valence electrons. The lowest BCUT2D eigenvalue weighted by Gasteiger charge is -2.29. The second-order valence-corrected chi connectivity index (χ2v) is 5.72. The van der Waals surface area contributed by atoms with Crippen LogP contribution in [0.2, 0.25) is 5.02 Å². The van der Waals surface area contributed by atoms with E-state index in [1.807, 2.05) is 12.1 Å². The fraction of sp³-hybridized carbons (Fsp3) is 0.400. The van der Waals surface area contributed by atoms with Gasteiger partial charge in [0, 0.05) is 31.4 Å². The Morgan fingerprint density at radius 2 is 2.18 bits per heavy atom. The Labute approximate surface area is 133 Å². The molecule has 0 aromatic carbocycles. The van der Waals surface area contributed by atoms with E-state index in [0.717, 1.165) is 24.5 Å². The Hall–Kier alpha value is -2.08. The van der Waals surface area contributed by atoms with Crippen molar-refractivity contribution in [1.29, 1.82) is 0 Å². The van der Waals surface area contributed by atoms with E-state index in [-0.39, 0.29) is 11.6 Å². The van der Waals surface area contributed by atoms with Crippen molar-refractivity contribution in [2.24, 2.45) is 0 Å². The Bertz CT molecular complexity index is 651. The van der Waals surface area contributed by atoms with Crippen LogP contribution in [-0.2, 0) is 6.54 Å². The van der Waals surface area contributed by atoms with Gasteiger partial charge in [0.1, 0.15) is 11.5 Å². The minimum Gasteiger partial charge on any atom is -0.356 e. The molecule has 1 saturated heterocycles. The van der Waals surface area contributed by atoms with Crippen LogP contribution in [0.5, 0.6) is 0 Å². The van der Waals surface area contributed by atoms with Gasteiger partial charge >= 0.3 is 0 Å². The van der Waals surface area contributed by atoms with E-state index in [9.17, 15) is 4.79 Å². The molecule has 1 aliphatic heterocycles. The molecule has 1 amide bonds. The average Bonchev–Trinajstić information content (AvgIpc) is 3.00. The van der Waals surface area contributed by atoms with Gasteiger partial charge in [-0.25, -0.2) is 4.98 Å². The van der Waals surface area contributed by atoms with Crippen LogP contribution in [0.3, 0.4) is 0 Å². The highest BCUT2D eigenvalue weighted by atomic mass is 35.5. The van der Waals surface area contributed by atoms with Crippen LogP contribution in [0.4, 0.5) is 5.82 Å². The zero-order valence-electron chi connectivity index (χ0n) is 12.2. The number of carbonyl (C=O) groups is 1. The van der Waals surface area contributed by atoms with E-state index in [1.165, 1.54) is 25.5 Å². The van der Waals surface area contributed by atoms with Crippen LogP contribution in [0.15, 0.2) is 24.5 Å². The summed E-state index contributed by atoms with van der Waals surface area (Å²) in [5, 5.41) is 9.53. The smallest absolute Gasteiger partial charge is 0.271 e. The molecule has 3 rings (SSSR count). The Balaban J connectivity index is 1.70. The van der Waals surface area contributed by atoms with Crippen LogP contribution in [0.25, 0.3) is 0 Å². The number of aromatic amines is 1. The zero-order chi connectivity index (χ0) is 15.4. The number of H-pyrrole nitrogens is 1. The standard InChI is InChI=1S/C15H18ClN5O/c16-12-10-19-20-13(12)15(22)18-9-11-5-4-6-17-14(11)21-7-2-1-3-8-21/h4-6,10H,1-3,7-9H2,(H,18,22)(H,19,20). The number of amides is 1. The van der Waals surface area contributed by atoms with Crippen molar-refractivity contribution >= 4 is 23.3 Å². The lowest BCUT2D eigenvalue weighted by molar-refractivity contribution is 0.0946. The molecular weight excluding hydrogens is 302 g/mol. The second-order valence-electron chi connectivity index (χ2n) is 5.31. The van der Waals surface area contributed by atoms with Crippen molar-refractivity contribution in [2.45, 2.75) is 25.8 Å². The van der Waals surface area contributed by atoms with E-state index >= 15 is 0 Å². The predicted molar refractivity (Wildman–Crippen MR) is 85.1 cm³/mol. The van der Waals surface area contributed by atoms with E-state index in [4.69, 9.17) is 11.6 Å². The van der Waals surface area contributed by atoms with Gasteiger partial charge in [-0.3, -0.25) is 9.89 Å². The third-order valence-electron chi connectivity index (χ3n) is 3.78. The van der Waals surface area contributed by atoms with Crippen molar-refractivity contribution in [1.82, 2.24) is 20.5 Å². The highest BCUT2D eigenvalue weighted by molar-refractivity contribution is 6.33. The van der Waals surface area contributed by atoms with E-state index in [0.29, 0.717) is 11.6 Å². The molecule has 22 heavy (non-hydrogen) atoms. The van der Waals surface area contributed by atoms with Gasteiger partial charge in [-0.05, 0) is 25.3 Å². The van der Waals surface area contributed by atoms with Gasteiger partial charge in [0.25, 0.3) is 5.91 Å². The summed E-state index contributed by atoms with van der Waals surface area (Å²) in [5.74, 6) is 0.689. The first kappa shape index (κ1) is 14.8. The monoisotopic (exact) mass is 319 g/mol. The highest BCUT2D eigenvalue weighted by Crippen LogP contribution is 2.21. The van der Waals surface area contributed by atoms with Gasteiger partial charge in [0.05, 0.1) is 11.2 Å². The molecule has 0 atom stereocenters. The van der Waals surface area contributed by atoms with Crippen molar-refractivity contribution in [3.8, 4) is 0 Å². The van der Waals surface area contributed by atoms with E-state index in [2.05, 4.69) is 25.4 Å². The maximum absolute atomic E-state index is 12.1. The van der Waals surface area contributed by atoms with E-state index in [1.54, 1.807) is 6.20 Å². The SMILES string of the molecule is O=C(NCc1cccnc1N1CCCCC1)c1[nH]ncc1Cl. The second kappa shape index (κ2) is 6.79. The maximum atomic E-state index is 12.1. The van der Waals surface area contributed by atoms with Gasteiger partial charge in [-0.1, -0.05) is 17.7 Å². The molecule has 2 aromatic rings. The number of hydrogen-bond donors (Lipinski definition) is 2. The highest BCUT2D eigenvalue weighted by Gasteiger charge is 2.17. The molecule has 6 nitrogen and oxygen atoms in total. The molecule has 0 bridgehead atoms. The molecule has 0 saturated carbocycles. The van der Waals surface area contributed by atoms with Crippen LogP contribution in [0.1, 0.15) is 35.3 Å². The molecule has 0 unspecified atom stereocenters. The minimum atomic E-state index is -0.268. The van der Waals surface area contributed by atoms with Gasteiger partial charge in [0.2, 0.25) is 0 Å². The number of hydrogen-bond acceptors (Lipinski definition) is 4. The van der Waals surface area contributed by atoms with Crippen molar-refractivity contribution in [3.05, 3.63) is 40.8 Å². The Kier molecular flexibility index (Phi) is 4.58. The van der Waals surface area contributed by atoms with Crippen molar-refractivity contribution < 1.29 is 4.79 Å². The number of aromatic nitrogens is 3. The molecule has 1 fully saturated rings. The minimum absolute atomic E-state index is 0.268. The average molecular weight is 320 g/mol. The molecular formula is C15H18ClN5O. The number of nitrogens with zero attached hydrogens (tertiary/aromatic N) is 3. The van der Waals surface area contributed by atoms with Crippen LogP contribution in [-0.4, -0.2) is 34.2 Å². The summed E-state index contributed by atoms with van der Waals surface area (Å²) < 4.78 is 0. The number of pyridine rings is 1. The summed E-state index contributed by atoms with van der Waals surface area (Å²) in [5.41, 5.74) is 1.29. The third kappa shape index (κ3) is 3.22. The molecule has 1 aliphatic rings. The summed E-state index contributed by atoms with van der Waals surface area (Å²) in [6, 6.07) is 3.88. The van der Waals surface area contributed by atoms with Crippen LogP contribution < -0.4 is 10.2 Å². The fourth-order valence-corrected chi connectivity index (χ4v) is 2.83. The topological polar surface area (TPSA) is 73.9 Å².